The molecule has 0 radical (unpaired) electrons. The second-order valence-electron chi connectivity index (χ2n) is 4.17. The van der Waals surface area contributed by atoms with E-state index in [4.69, 9.17) is 10.00 Å². The molecule has 2 rings (SSSR count). The molecule has 0 aliphatic carbocycles. The summed E-state index contributed by atoms with van der Waals surface area (Å²) in [4.78, 5) is 23.5. The van der Waals surface area contributed by atoms with Crippen molar-refractivity contribution in [2.24, 2.45) is 0 Å². The summed E-state index contributed by atoms with van der Waals surface area (Å²) in [6.07, 6.45) is -0.728. The summed E-state index contributed by atoms with van der Waals surface area (Å²) in [7, 11) is 0. The van der Waals surface area contributed by atoms with E-state index in [1.807, 2.05) is 6.07 Å². The smallest absolute Gasteiger partial charge is 0.311 e. The van der Waals surface area contributed by atoms with E-state index in [-0.39, 0.29) is 25.3 Å². The van der Waals surface area contributed by atoms with E-state index in [0.717, 1.165) is 6.07 Å². The van der Waals surface area contributed by atoms with Gasteiger partial charge >= 0.3 is 5.69 Å². The largest absolute Gasteiger partial charge is 0.502 e. The molecule has 1 fully saturated rings. The molecule has 1 unspecified atom stereocenters. The zero-order valence-electron chi connectivity index (χ0n) is 10.4. The van der Waals surface area contributed by atoms with Crippen molar-refractivity contribution in [1.82, 2.24) is 4.90 Å². The number of morpholine rings is 1. The first kappa shape index (κ1) is 13.8. The number of ether oxygens (including phenoxy) is 1. The van der Waals surface area contributed by atoms with Gasteiger partial charge in [-0.1, -0.05) is 6.07 Å². The van der Waals surface area contributed by atoms with E-state index in [9.17, 15) is 20.0 Å². The molecule has 1 amide bonds. The van der Waals surface area contributed by atoms with Crippen LogP contribution >= 0.6 is 0 Å². The molecule has 20 heavy (non-hydrogen) atoms. The number of nitro benzene ring substituents is 1. The molecule has 1 aliphatic heterocycles. The normalized spacial score (nSPS) is 18.4. The number of phenols is 1. The van der Waals surface area contributed by atoms with Crippen LogP contribution in [0.4, 0.5) is 5.69 Å². The monoisotopic (exact) mass is 277 g/mol. The molecular weight excluding hydrogens is 266 g/mol. The Hall–Kier alpha value is -2.66. The summed E-state index contributed by atoms with van der Waals surface area (Å²) < 4.78 is 5.11. The second-order valence-corrected chi connectivity index (χ2v) is 4.17. The summed E-state index contributed by atoms with van der Waals surface area (Å²) in [6, 6.07) is 5.65. The lowest BCUT2D eigenvalue weighted by Crippen LogP contribution is -2.45. The third kappa shape index (κ3) is 2.53. The summed E-state index contributed by atoms with van der Waals surface area (Å²) in [6.45, 7) is 0.538. The van der Waals surface area contributed by atoms with Crippen molar-refractivity contribution < 1.29 is 19.6 Å². The fraction of sp³-hybridized carbons (Fsp3) is 0.333. The van der Waals surface area contributed by atoms with Crippen LogP contribution in [-0.4, -0.2) is 46.6 Å². The number of benzene rings is 1. The first-order valence-electron chi connectivity index (χ1n) is 5.81. The lowest BCUT2D eigenvalue weighted by molar-refractivity contribution is -0.385. The van der Waals surface area contributed by atoms with Crippen molar-refractivity contribution in [2.75, 3.05) is 19.7 Å². The zero-order valence-corrected chi connectivity index (χ0v) is 10.4. The average molecular weight is 277 g/mol. The van der Waals surface area contributed by atoms with Crippen molar-refractivity contribution in [3.63, 3.8) is 0 Å². The van der Waals surface area contributed by atoms with Gasteiger partial charge < -0.3 is 14.7 Å². The lowest BCUT2D eigenvalue weighted by Gasteiger charge is -2.29. The first-order chi connectivity index (χ1) is 9.54. The Labute approximate surface area is 113 Å². The maximum Gasteiger partial charge on any atom is 0.311 e. The second kappa shape index (κ2) is 5.54. The highest BCUT2D eigenvalue weighted by Gasteiger charge is 2.28. The van der Waals surface area contributed by atoms with E-state index in [0.29, 0.717) is 0 Å². The van der Waals surface area contributed by atoms with Crippen LogP contribution in [0.2, 0.25) is 0 Å². The average Bonchev–Trinajstić information content (AvgIpc) is 2.46. The van der Waals surface area contributed by atoms with Gasteiger partial charge in [-0.05, 0) is 6.07 Å². The molecule has 8 nitrogen and oxygen atoms in total. The maximum absolute atomic E-state index is 12.2. The van der Waals surface area contributed by atoms with Crippen LogP contribution in [0.5, 0.6) is 5.75 Å². The van der Waals surface area contributed by atoms with Gasteiger partial charge in [-0.15, -0.1) is 0 Å². The van der Waals surface area contributed by atoms with Gasteiger partial charge in [-0.25, -0.2) is 0 Å². The molecule has 1 aromatic carbocycles. The molecule has 104 valence electrons. The number of para-hydroxylation sites is 1. The molecule has 1 atom stereocenters. The zero-order chi connectivity index (χ0) is 14.7. The minimum atomic E-state index is -0.760. The molecule has 0 saturated carbocycles. The van der Waals surface area contributed by atoms with E-state index in [1.165, 1.54) is 17.0 Å². The molecule has 0 bridgehead atoms. The van der Waals surface area contributed by atoms with Crippen molar-refractivity contribution in [1.29, 1.82) is 5.26 Å². The molecule has 0 aromatic heterocycles. The third-order valence-corrected chi connectivity index (χ3v) is 2.94. The Balaban J connectivity index is 2.28. The van der Waals surface area contributed by atoms with Crippen LogP contribution in [0.3, 0.4) is 0 Å². The van der Waals surface area contributed by atoms with Crippen LogP contribution in [0.15, 0.2) is 18.2 Å². The number of rotatable bonds is 2. The van der Waals surface area contributed by atoms with E-state index in [1.54, 1.807) is 0 Å². The van der Waals surface area contributed by atoms with Gasteiger partial charge in [-0.2, -0.15) is 5.26 Å². The van der Waals surface area contributed by atoms with Gasteiger partial charge in [0.15, 0.2) is 6.10 Å². The molecule has 1 aromatic rings. The predicted molar refractivity (Wildman–Crippen MR) is 66.0 cm³/mol. The maximum atomic E-state index is 12.2. The standard InChI is InChI=1S/C12H11N3O5/c13-6-8-7-14(4-5-20-8)12(17)9-2-1-3-10(11(9)16)15(18)19/h1-3,8,16H,4-5,7H2. The number of hydrogen-bond donors (Lipinski definition) is 1. The molecule has 8 heteroatoms. The lowest BCUT2D eigenvalue weighted by atomic mass is 10.1. The summed E-state index contributed by atoms with van der Waals surface area (Å²) in [5.74, 6) is -1.22. The van der Waals surface area contributed by atoms with Gasteiger partial charge in [0, 0.05) is 12.6 Å². The third-order valence-electron chi connectivity index (χ3n) is 2.94. The molecule has 1 N–H and O–H groups in total. The van der Waals surface area contributed by atoms with Crippen molar-refractivity contribution in [2.45, 2.75) is 6.10 Å². The summed E-state index contributed by atoms with van der Waals surface area (Å²) >= 11 is 0. The summed E-state index contributed by atoms with van der Waals surface area (Å²) in [5.41, 5.74) is -0.682. The SMILES string of the molecule is N#CC1CN(C(=O)c2cccc([N+](=O)[O-])c2O)CCO1. The van der Waals surface area contributed by atoms with Crippen LogP contribution in [-0.2, 0) is 4.74 Å². The molecule has 1 saturated heterocycles. The van der Waals surface area contributed by atoms with E-state index < -0.39 is 28.4 Å². The minimum Gasteiger partial charge on any atom is -0.502 e. The van der Waals surface area contributed by atoms with E-state index in [2.05, 4.69) is 0 Å². The number of hydrogen-bond acceptors (Lipinski definition) is 6. The van der Waals surface area contributed by atoms with Gasteiger partial charge in [0.1, 0.15) is 0 Å². The highest BCUT2D eigenvalue weighted by Crippen LogP contribution is 2.30. The molecule has 0 spiro atoms. The van der Waals surface area contributed by atoms with Crippen LogP contribution in [0, 0.1) is 21.4 Å². The minimum absolute atomic E-state index is 0.0669. The van der Waals surface area contributed by atoms with Crippen molar-refractivity contribution in [3.8, 4) is 11.8 Å². The highest BCUT2D eigenvalue weighted by molar-refractivity contribution is 5.98. The number of nitriles is 1. The van der Waals surface area contributed by atoms with Crippen LogP contribution in [0.1, 0.15) is 10.4 Å². The summed E-state index contributed by atoms with van der Waals surface area (Å²) in [5, 5.41) is 29.3. The van der Waals surface area contributed by atoms with Gasteiger partial charge in [0.2, 0.25) is 5.75 Å². The van der Waals surface area contributed by atoms with Crippen molar-refractivity contribution >= 4 is 11.6 Å². The van der Waals surface area contributed by atoms with E-state index >= 15 is 0 Å². The number of amides is 1. The Morgan fingerprint density at radius 3 is 3.00 bits per heavy atom. The van der Waals surface area contributed by atoms with Gasteiger partial charge in [0.05, 0.1) is 29.7 Å². The fourth-order valence-corrected chi connectivity index (χ4v) is 1.93. The number of nitrogens with zero attached hydrogens (tertiary/aromatic N) is 3. The van der Waals surface area contributed by atoms with Gasteiger partial charge in [0.25, 0.3) is 5.91 Å². The Morgan fingerprint density at radius 2 is 2.35 bits per heavy atom. The molecule has 1 heterocycles. The number of carbonyl (C=O) groups excluding carboxylic acids is 1. The molecule has 1 aliphatic rings. The fourth-order valence-electron chi connectivity index (χ4n) is 1.93. The Kier molecular flexibility index (Phi) is 3.81. The van der Waals surface area contributed by atoms with Crippen molar-refractivity contribution in [3.05, 3.63) is 33.9 Å². The topological polar surface area (TPSA) is 117 Å². The molecular formula is C12H11N3O5. The van der Waals surface area contributed by atoms with Gasteiger partial charge in [-0.3, -0.25) is 14.9 Å². The predicted octanol–water partition coefficient (Wildman–Crippen LogP) is 0.665. The highest BCUT2D eigenvalue weighted by atomic mass is 16.6. The number of nitro groups is 1. The number of aromatic hydroxyl groups is 1. The Bertz CT molecular complexity index is 595. The Morgan fingerprint density at radius 1 is 1.60 bits per heavy atom. The number of carbonyl (C=O) groups is 1. The first-order valence-corrected chi connectivity index (χ1v) is 5.81. The van der Waals surface area contributed by atoms with Crippen LogP contribution in [0.25, 0.3) is 0 Å². The quantitative estimate of drug-likeness (QED) is 0.627. The van der Waals surface area contributed by atoms with Crippen LogP contribution < -0.4 is 0 Å². The number of phenolic OH excluding ortho intramolecular Hbond substituents is 1.